The van der Waals surface area contributed by atoms with Crippen molar-refractivity contribution >= 4 is 17.6 Å². The molecule has 6 rings (SSSR count). The van der Waals surface area contributed by atoms with E-state index in [2.05, 4.69) is 10.2 Å². The second-order valence-corrected chi connectivity index (χ2v) is 9.09. The first kappa shape index (κ1) is 18.7. The number of aryl methyl sites for hydroxylation is 1. The third-order valence-electron chi connectivity index (χ3n) is 6.87. The van der Waals surface area contributed by atoms with Crippen molar-refractivity contribution in [3.63, 3.8) is 0 Å². The maximum absolute atomic E-state index is 12.7. The van der Waals surface area contributed by atoms with Crippen LogP contribution >= 0.6 is 0 Å². The summed E-state index contributed by atoms with van der Waals surface area (Å²) in [5.41, 5.74) is 4.50. The summed E-state index contributed by atoms with van der Waals surface area (Å²) in [6, 6.07) is 8.38. The Morgan fingerprint density at radius 1 is 1.06 bits per heavy atom. The summed E-state index contributed by atoms with van der Waals surface area (Å²) < 4.78 is 6.27. The number of piperidine rings is 1. The number of fused-ring (bicyclic) bond motifs is 2. The predicted octanol–water partition coefficient (Wildman–Crippen LogP) is 2.80. The van der Waals surface area contributed by atoms with Crippen molar-refractivity contribution in [2.45, 2.75) is 57.8 Å². The normalized spacial score (nSPS) is 20.7. The zero-order valence-corrected chi connectivity index (χ0v) is 17.7. The Kier molecular flexibility index (Phi) is 4.20. The van der Waals surface area contributed by atoms with Crippen LogP contribution in [0.2, 0.25) is 0 Å². The Morgan fingerprint density at radius 2 is 1.87 bits per heavy atom. The molecule has 4 heterocycles. The number of ether oxygens (including phenoxy) is 1. The highest BCUT2D eigenvalue weighted by molar-refractivity contribution is 5.99. The molecule has 0 spiro atoms. The number of hydrogen-bond donors (Lipinski definition) is 1. The molecule has 0 bridgehead atoms. The van der Waals surface area contributed by atoms with E-state index in [0.717, 1.165) is 79.3 Å². The van der Waals surface area contributed by atoms with Gasteiger partial charge in [0.15, 0.2) is 0 Å². The van der Waals surface area contributed by atoms with Gasteiger partial charge >= 0.3 is 0 Å². The van der Waals surface area contributed by atoms with Crippen LogP contribution in [0, 0.1) is 6.92 Å². The molecule has 3 aliphatic heterocycles. The highest BCUT2D eigenvalue weighted by Crippen LogP contribution is 2.36. The van der Waals surface area contributed by atoms with Crippen LogP contribution in [0.5, 0.6) is 5.75 Å². The van der Waals surface area contributed by atoms with Gasteiger partial charge in [0.05, 0.1) is 17.8 Å². The first-order valence-corrected chi connectivity index (χ1v) is 11.2. The van der Waals surface area contributed by atoms with E-state index in [1.165, 1.54) is 0 Å². The van der Waals surface area contributed by atoms with Crippen LogP contribution in [0.1, 0.15) is 63.2 Å². The average Bonchev–Trinajstić information content (AvgIpc) is 3.49. The van der Waals surface area contributed by atoms with Crippen molar-refractivity contribution < 1.29 is 14.3 Å². The molecule has 31 heavy (non-hydrogen) atoms. The van der Waals surface area contributed by atoms with Gasteiger partial charge in [-0.2, -0.15) is 0 Å². The second kappa shape index (κ2) is 6.97. The van der Waals surface area contributed by atoms with Crippen molar-refractivity contribution in [3.05, 3.63) is 52.2 Å². The quantitative estimate of drug-likeness (QED) is 0.827. The molecule has 1 aromatic heterocycles. The summed E-state index contributed by atoms with van der Waals surface area (Å²) in [6.45, 7) is 4.99. The molecule has 2 fully saturated rings. The first-order chi connectivity index (χ1) is 15.1. The Balaban J connectivity index is 1.11. The lowest BCUT2D eigenvalue weighted by molar-refractivity contribution is 0.0765. The zero-order chi connectivity index (χ0) is 21.1. The molecule has 0 atom stereocenters. The number of nitrogens with one attached hydrogen (secondary N) is 1. The summed E-state index contributed by atoms with van der Waals surface area (Å²) in [5.74, 6) is 1.89. The Hall–Kier alpha value is -3.09. The summed E-state index contributed by atoms with van der Waals surface area (Å²) in [5, 5.41) is 2.84. The summed E-state index contributed by atoms with van der Waals surface area (Å²) in [6.07, 6.45) is 4.19. The van der Waals surface area contributed by atoms with E-state index in [9.17, 15) is 9.59 Å². The number of amides is 2. The standard InChI is InChI=1S/C24H26N4O3/c1-14-10-20-21(12-25-23(20)29)26-22(14)27-8-6-17(7-9-27)31-18-5-2-15-13-28(16-3-4-16)24(30)19(15)11-18/h2,5,10-11,16-17H,3-4,6-9,12-13H2,1H3,(H,25,29). The fourth-order valence-corrected chi connectivity index (χ4v) is 4.99. The number of pyridine rings is 1. The van der Waals surface area contributed by atoms with E-state index in [1.807, 2.05) is 36.1 Å². The van der Waals surface area contributed by atoms with Crippen LogP contribution < -0.4 is 15.0 Å². The van der Waals surface area contributed by atoms with Crippen LogP contribution in [0.15, 0.2) is 24.3 Å². The Morgan fingerprint density at radius 3 is 2.65 bits per heavy atom. The van der Waals surface area contributed by atoms with Crippen LogP contribution in [-0.2, 0) is 13.1 Å². The van der Waals surface area contributed by atoms with Crippen LogP contribution in [0.25, 0.3) is 0 Å². The second-order valence-electron chi connectivity index (χ2n) is 9.09. The molecule has 2 amide bonds. The van der Waals surface area contributed by atoms with Gasteiger partial charge in [0.1, 0.15) is 17.7 Å². The fraction of sp³-hybridized carbons (Fsp3) is 0.458. The number of carbonyl (C=O) groups excluding carboxylic acids is 2. The molecule has 2 aromatic rings. The number of anilines is 1. The average molecular weight is 418 g/mol. The molecular weight excluding hydrogens is 392 g/mol. The van der Waals surface area contributed by atoms with Gasteiger partial charge in [-0.1, -0.05) is 6.07 Å². The van der Waals surface area contributed by atoms with E-state index in [0.29, 0.717) is 18.2 Å². The predicted molar refractivity (Wildman–Crippen MR) is 115 cm³/mol. The molecule has 1 saturated heterocycles. The molecular formula is C24H26N4O3. The van der Waals surface area contributed by atoms with Gasteiger partial charge in [-0.05, 0) is 49.1 Å². The number of rotatable bonds is 4. The van der Waals surface area contributed by atoms with Crippen LogP contribution in [0.4, 0.5) is 5.82 Å². The number of nitrogens with zero attached hydrogens (tertiary/aromatic N) is 3. The SMILES string of the molecule is Cc1cc2c(nc1N1CCC(Oc3ccc4c(c3)C(=O)N(C3CC3)C4)CC1)CNC2=O. The van der Waals surface area contributed by atoms with Crippen LogP contribution in [0.3, 0.4) is 0 Å². The molecule has 1 saturated carbocycles. The van der Waals surface area contributed by atoms with Crippen molar-refractivity contribution in [1.82, 2.24) is 15.2 Å². The lowest BCUT2D eigenvalue weighted by Crippen LogP contribution is -2.39. The van der Waals surface area contributed by atoms with E-state index in [4.69, 9.17) is 9.72 Å². The molecule has 4 aliphatic rings. The lowest BCUT2D eigenvalue weighted by Gasteiger charge is -2.34. The highest BCUT2D eigenvalue weighted by Gasteiger charge is 2.38. The molecule has 7 nitrogen and oxygen atoms in total. The minimum absolute atomic E-state index is 0.0302. The smallest absolute Gasteiger partial charge is 0.254 e. The van der Waals surface area contributed by atoms with Gasteiger partial charge in [0, 0.05) is 44.1 Å². The van der Waals surface area contributed by atoms with E-state index >= 15 is 0 Å². The summed E-state index contributed by atoms with van der Waals surface area (Å²) >= 11 is 0. The number of hydrogen-bond acceptors (Lipinski definition) is 5. The maximum atomic E-state index is 12.7. The minimum Gasteiger partial charge on any atom is -0.490 e. The zero-order valence-electron chi connectivity index (χ0n) is 17.7. The Labute approximate surface area is 181 Å². The third-order valence-corrected chi connectivity index (χ3v) is 6.87. The first-order valence-electron chi connectivity index (χ1n) is 11.2. The molecule has 1 aromatic carbocycles. The van der Waals surface area contributed by atoms with Crippen molar-refractivity contribution in [2.24, 2.45) is 0 Å². The molecule has 1 N–H and O–H groups in total. The third kappa shape index (κ3) is 3.23. The van der Waals surface area contributed by atoms with Gasteiger partial charge in [-0.3, -0.25) is 9.59 Å². The molecule has 7 heteroatoms. The fourth-order valence-electron chi connectivity index (χ4n) is 4.99. The van der Waals surface area contributed by atoms with E-state index < -0.39 is 0 Å². The largest absolute Gasteiger partial charge is 0.490 e. The van der Waals surface area contributed by atoms with Crippen molar-refractivity contribution in [2.75, 3.05) is 18.0 Å². The summed E-state index contributed by atoms with van der Waals surface area (Å²) in [4.78, 5) is 33.6. The molecule has 0 radical (unpaired) electrons. The van der Waals surface area contributed by atoms with Gasteiger partial charge in [-0.15, -0.1) is 0 Å². The number of carbonyl (C=O) groups is 2. The summed E-state index contributed by atoms with van der Waals surface area (Å²) in [7, 11) is 0. The van der Waals surface area contributed by atoms with Gasteiger partial charge in [0.25, 0.3) is 11.8 Å². The van der Waals surface area contributed by atoms with Crippen LogP contribution in [-0.4, -0.2) is 46.9 Å². The van der Waals surface area contributed by atoms with E-state index in [1.54, 1.807) is 0 Å². The molecule has 160 valence electrons. The Bertz CT molecular complexity index is 1090. The van der Waals surface area contributed by atoms with Crippen molar-refractivity contribution in [1.29, 1.82) is 0 Å². The minimum atomic E-state index is -0.0302. The molecule has 1 aliphatic carbocycles. The van der Waals surface area contributed by atoms with Gasteiger partial charge in [-0.25, -0.2) is 4.98 Å². The number of benzene rings is 1. The topological polar surface area (TPSA) is 74.8 Å². The van der Waals surface area contributed by atoms with Gasteiger partial charge in [0.2, 0.25) is 0 Å². The number of aromatic nitrogens is 1. The monoisotopic (exact) mass is 418 g/mol. The van der Waals surface area contributed by atoms with E-state index in [-0.39, 0.29) is 17.9 Å². The van der Waals surface area contributed by atoms with Gasteiger partial charge < -0.3 is 19.9 Å². The molecule has 0 unspecified atom stereocenters. The lowest BCUT2D eigenvalue weighted by atomic mass is 10.1. The highest BCUT2D eigenvalue weighted by atomic mass is 16.5. The maximum Gasteiger partial charge on any atom is 0.254 e. The van der Waals surface area contributed by atoms with Crippen molar-refractivity contribution in [3.8, 4) is 5.75 Å².